The van der Waals surface area contributed by atoms with Crippen LogP contribution in [0.3, 0.4) is 0 Å². The van der Waals surface area contributed by atoms with E-state index in [1.807, 2.05) is 29.9 Å². The zero-order valence-electron chi connectivity index (χ0n) is 12.8. The second-order valence-electron chi connectivity index (χ2n) is 4.66. The Labute approximate surface area is 128 Å². The molecule has 2 aromatic heterocycles. The van der Waals surface area contributed by atoms with Gasteiger partial charge in [0.15, 0.2) is 5.13 Å². The van der Waals surface area contributed by atoms with Gasteiger partial charge in [0, 0.05) is 27.4 Å². The first kappa shape index (κ1) is 15.6. The van der Waals surface area contributed by atoms with E-state index in [0.29, 0.717) is 19.0 Å². The number of methoxy groups -OCH3 is 2. The van der Waals surface area contributed by atoms with Crippen LogP contribution in [0.15, 0.2) is 12.4 Å². The first-order chi connectivity index (χ1) is 10.1. The first-order valence-corrected chi connectivity index (χ1v) is 7.42. The Morgan fingerprint density at radius 2 is 2.19 bits per heavy atom. The maximum absolute atomic E-state index is 5.32. The van der Waals surface area contributed by atoms with Crippen molar-refractivity contribution in [3.63, 3.8) is 0 Å². The van der Waals surface area contributed by atoms with E-state index in [0.717, 1.165) is 22.2 Å². The first-order valence-electron chi connectivity index (χ1n) is 6.60. The summed E-state index contributed by atoms with van der Waals surface area (Å²) in [6, 6.07) is 0. The van der Waals surface area contributed by atoms with Gasteiger partial charge in [0.1, 0.15) is 0 Å². The molecule has 2 aromatic rings. The summed E-state index contributed by atoms with van der Waals surface area (Å²) in [7, 11) is 7.26. The lowest BCUT2D eigenvalue weighted by Gasteiger charge is -2.05. The molecule has 0 radical (unpaired) electrons. The van der Waals surface area contributed by atoms with Crippen molar-refractivity contribution in [1.82, 2.24) is 14.8 Å². The van der Waals surface area contributed by atoms with Crippen LogP contribution in [0, 0.1) is 0 Å². The summed E-state index contributed by atoms with van der Waals surface area (Å²) >= 11 is 1.61. The summed E-state index contributed by atoms with van der Waals surface area (Å²) in [5, 5.41) is 8.53. The van der Waals surface area contributed by atoms with Crippen molar-refractivity contribution in [3.8, 4) is 5.88 Å². The number of hydrogen-bond acceptors (Lipinski definition) is 7. The number of anilines is 2. The average molecular weight is 311 g/mol. The monoisotopic (exact) mass is 311 g/mol. The molecule has 0 saturated heterocycles. The van der Waals surface area contributed by atoms with Crippen molar-refractivity contribution >= 4 is 22.2 Å². The summed E-state index contributed by atoms with van der Waals surface area (Å²) in [5.74, 6) is 0.669. The predicted molar refractivity (Wildman–Crippen MR) is 84.4 cm³/mol. The van der Waals surface area contributed by atoms with E-state index in [1.165, 1.54) is 0 Å². The van der Waals surface area contributed by atoms with Crippen LogP contribution >= 0.6 is 11.3 Å². The van der Waals surface area contributed by atoms with Gasteiger partial charge in [0.2, 0.25) is 5.88 Å². The molecule has 8 heteroatoms. The van der Waals surface area contributed by atoms with Crippen molar-refractivity contribution in [3.05, 3.63) is 17.3 Å². The highest BCUT2D eigenvalue weighted by Crippen LogP contribution is 2.30. The quantitative estimate of drug-likeness (QED) is 0.800. The summed E-state index contributed by atoms with van der Waals surface area (Å²) in [6.07, 6.45) is 3.76. The Morgan fingerprint density at radius 1 is 1.38 bits per heavy atom. The Bertz CT molecular complexity index is 567. The molecule has 0 bridgehead atoms. The molecule has 116 valence electrons. The van der Waals surface area contributed by atoms with Crippen LogP contribution in [0.1, 0.15) is 4.88 Å². The van der Waals surface area contributed by atoms with E-state index >= 15 is 0 Å². The van der Waals surface area contributed by atoms with E-state index in [9.17, 15) is 0 Å². The maximum atomic E-state index is 5.32. The summed E-state index contributed by atoms with van der Waals surface area (Å²) in [4.78, 5) is 7.46. The van der Waals surface area contributed by atoms with Crippen LogP contribution in [0.4, 0.5) is 10.8 Å². The largest absolute Gasteiger partial charge is 0.480 e. The molecule has 2 rings (SSSR count). The predicted octanol–water partition coefficient (Wildman–Crippen LogP) is 1.67. The van der Waals surface area contributed by atoms with E-state index in [4.69, 9.17) is 9.47 Å². The number of rotatable bonds is 8. The molecular formula is C13H21N5O2S. The van der Waals surface area contributed by atoms with Crippen molar-refractivity contribution in [1.29, 1.82) is 0 Å². The van der Waals surface area contributed by atoms with Gasteiger partial charge in [-0.1, -0.05) is 11.3 Å². The fourth-order valence-electron chi connectivity index (χ4n) is 1.73. The van der Waals surface area contributed by atoms with Crippen LogP contribution in [0.2, 0.25) is 0 Å². The zero-order chi connectivity index (χ0) is 15.2. The molecule has 1 N–H and O–H groups in total. The summed E-state index contributed by atoms with van der Waals surface area (Å²) in [6.45, 7) is 2.05. The summed E-state index contributed by atoms with van der Waals surface area (Å²) < 4.78 is 12.2. The lowest BCUT2D eigenvalue weighted by Crippen LogP contribution is -2.07. The normalized spacial score (nSPS) is 10.7. The van der Waals surface area contributed by atoms with Crippen LogP contribution in [-0.4, -0.2) is 49.7 Å². The van der Waals surface area contributed by atoms with Gasteiger partial charge in [-0.15, -0.1) is 0 Å². The smallest absolute Gasteiger partial charge is 0.231 e. The third-order valence-electron chi connectivity index (χ3n) is 2.84. The molecule has 0 spiro atoms. The van der Waals surface area contributed by atoms with E-state index < -0.39 is 0 Å². The highest BCUT2D eigenvalue weighted by atomic mass is 32.1. The van der Waals surface area contributed by atoms with Gasteiger partial charge >= 0.3 is 0 Å². The highest BCUT2D eigenvalue weighted by Gasteiger charge is 2.13. The topological polar surface area (TPSA) is 64.4 Å². The van der Waals surface area contributed by atoms with Gasteiger partial charge in [-0.25, -0.2) is 0 Å². The molecule has 2 heterocycles. The van der Waals surface area contributed by atoms with Gasteiger partial charge in [0.25, 0.3) is 0 Å². The number of nitrogens with one attached hydrogen (secondary N) is 1. The molecule has 0 aromatic carbocycles. The van der Waals surface area contributed by atoms with Gasteiger partial charge in [-0.2, -0.15) is 10.1 Å². The van der Waals surface area contributed by atoms with Crippen molar-refractivity contribution in [2.45, 2.75) is 13.1 Å². The minimum atomic E-state index is 0.649. The van der Waals surface area contributed by atoms with Gasteiger partial charge in [-0.05, 0) is 0 Å². The second kappa shape index (κ2) is 7.28. The number of nitrogens with zero attached hydrogens (tertiary/aromatic N) is 4. The summed E-state index contributed by atoms with van der Waals surface area (Å²) in [5.41, 5.74) is 0.966. The van der Waals surface area contributed by atoms with Crippen LogP contribution in [-0.2, 0) is 17.8 Å². The maximum Gasteiger partial charge on any atom is 0.231 e. The SMILES string of the molecule is COCCn1cc(NCc2sc(N(C)C)nc2OC)cn1. The standard InChI is InChI=1S/C13H21N5O2S/c1-17(2)13-16-12(20-4)11(21-13)8-14-10-7-15-18(9-10)5-6-19-3/h7,9,14H,5-6,8H2,1-4H3. The third-order valence-corrected chi connectivity index (χ3v) is 4.04. The molecule has 0 fully saturated rings. The second-order valence-corrected chi connectivity index (χ2v) is 5.72. The highest BCUT2D eigenvalue weighted by molar-refractivity contribution is 7.15. The fraction of sp³-hybridized carbons (Fsp3) is 0.538. The lowest BCUT2D eigenvalue weighted by molar-refractivity contribution is 0.183. The number of ether oxygens (including phenoxy) is 2. The van der Waals surface area contributed by atoms with Crippen LogP contribution < -0.4 is 15.0 Å². The van der Waals surface area contributed by atoms with Crippen LogP contribution in [0.5, 0.6) is 5.88 Å². The molecule has 21 heavy (non-hydrogen) atoms. The average Bonchev–Trinajstić information content (AvgIpc) is 3.09. The number of aromatic nitrogens is 3. The Morgan fingerprint density at radius 3 is 2.86 bits per heavy atom. The van der Waals surface area contributed by atoms with E-state index in [2.05, 4.69) is 15.4 Å². The Balaban J connectivity index is 1.97. The number of hydrogen-bond donors (Lipinski definition) is 1. The molecule has 0 aliphatic heterocycles. The lowest BCUT2D eigenvalue weighted by atomic mass is 10.4. The molecule has 0 saturated carbocycles. The zero-order valence-corrected chi connectivity index (χ0v) is 13.6. The molecular weight excluding hydrogens is 290 g/mol. The molecule has 0 unspecified atom stereocenters. The minimum Gasteiger partial charge on any atom is -0.480 e. The third kappa shape index (κ3) is 4.08. The molecule has 0 amide bonds. The van der Waals surface area contributed by atoms with Gasteiger partial charge < -0.3 is 19.7 Å². The Kier molecular flexibility index (Phi) is 5.40. The fourth-order valence-corrected chi connectivity index (χ4v) is 2.62. The van der Waals surface area contributed by atoms with Crippen LogP contribution in [0.25, 0.3) is 0 Å². The number of thiazole rings is 1. The molecule has 0 atom stereocenters. The molecule has 7 nitrogen and oxygen atoms in total. The minimum absolute atomic E-state index is 0.649. The van der Waals surface area contributed by atoms with Gasteiger partial charge in [0.05, 0.1) is 43.6 Å². The van der Waals surface area contributed by atoms with Crippen molar-refractivity contribution in [2.24, 2.45) is 0 Å². The molecule has 0 aliphatic rings. The van der Waals surface area contributed by atoms with Crippen molar-refractivity contribution in [2.75, 3.05) is 45.1 Å². The Hall–Kier alpha value is -1.80. The van der Waals surface area contributed by atoms with Gasteiger partial charge in [-0.3, -0.25) is 4.68 Å². The molecule has 0 aliphatic carbocycles. The van der Waals surface area contributed by atoms with E-state index in [1.54, 1.807) is 31.8 Å². The van der Waals surface area contributed by atoms with E-state index in [-0.39, 0.29) is 0 Å². The van der Waals surface area contributed by atoms with Crippen molar-refractivity contribution < 1.29 is 9.47 Å².